The molecule has 0 aliphatic carbocycles. The first-order chi connectivity index (χ1) is 8.23. The minimum absolute atomic E-state index is 0.0202. The van der Waals surface area contributed by atoms with Gasteiger partial charge >= 0.3 is 6.18 Å². The Labute approximate surface area is 98.6 Å². The van der Waals surface area contributed by atoms with Crippen LogP contribution in [0.15, 0.2) is 12.1 Å². The maximum atomic E-state index is 12.7. The molecule has 0 saturated carbocycles. The molecule has 4 nitrogen and oxygen atoms in total. The number of anilines is 2. The SMILES string of the molecule is NNc1ccc(C(F)(F)F)c(N2CC(F)(F)C2)n1. The van der Waals surface area contributed by atoms with E-state index in [1.807, 2.05) is 0 Å². The summed E-state index contributed by atoms with van der Waals surface area (Å²) in [7, 11) is 0. The topological polar surface area (TPSA) is 54.2 Å². The molecule has 2 heterocycles. The van der Waals surface area contributed by atoms with Crippen LogP contribution < -0.4 is 16.2 Å². The number of nitrogens with zero attached hydrogens (tertiary/aromatic N) is 2. The molecule has 0 unspecified atom stereocenters. The average molecular weight is 268 g/mol. The lowest BCUT2D eigenvalue weighted by Gasteiger charge is -2.40. The van der Waals surface area contributed by atoms with Gasteiger partial charge in [0.05, 0.1) is 18.7 Å². The van der Waals surface area contributed by atoms with Crippen molar-refractivity contribution in [1.82, 2.24) is 4.98 Å². The van der Waals surface area contributed by atoms with Crippen molar-refractivity contribution in [2.45, 2.75) is 12.1 Å². The lowest BCUT2D eigenvalue weighted by molar-refractivity contribution is -0.137. The standard InChI is InChI=1S/C9H9F5N4/c10-8(11)3-18(4-8)7-5(9(12,13)14)1-2-6(16-7)17-15/h1-2H,3-4,15H2,(H,16,17). The third-order valence-electron chi connectivity index (χ3n) is 2.47. The first-order valence-corrected chi connectivity index (χ1v) is 4.90. The number of nitrogens with two attached hydrogens (primary N) is 1. The quantitative estimate of drug-likeness (QED) is 0.488. The van der Waals surface area contributed by atoms with Gasteiger partial charge in [-0.3, -0.25) is 0 Å². The minimum Gasteiger partial charge on any atom is -0.344 e. The lowest BCUT2D eigenvalue weighted by atomic mass is 10.1. The van der Waals surface area contributed by atoms with E-state index >= 15 is 0 Å². The number of nitrogen functional groups attached to an aromatic ring is 1. The second-order valence-electron chi connectivity index (χ2n) is 3.92. The van der Waals surface area contributed by atoms with Gasteiger partial charge in [0.2, 0.25) is 0 Å². The van der Waals surface area contributed by atoms with Crippen molar-refractivity contribution in [2.24, 2.45) is 5.84 Å². The van der Waals surface area contributed by atoms with Gasteiger partial charge in [-0.15, -0.1) is 0 Å². The van der Waals surface area contributed by atoms with Crippen LogP contribution in [-0.4, -0.2) is 24.0 Å². The Balaban J connectivity index is 2.37. The molecular weight excluding hydrogens is 259 g/mol. The molecule has 18 heavy (non-hydrogen) atoms. The molecule has 1 aliphatic heterocycles. The van der Waals surface area contributed by atoms with Gasteiger partial charge in [0.15, 0.2) is 0 Å². The molecule has 1 aliphatic rings. The Morgan fingerprint density at radius 2 is 1.89 bits per heavy atom. The molecule has 0 bridgehead atoms. The number of halogens is 5. The number of hydrogen-bond donors (Lipinski definition) is 2. The van der Waals surface area contributed by atoms with Gasteiger partial charge in [-0.2, -0.15) is 13.2 Å². The van der Waals surface area contributed by atoms with Crippen LogP contribution in [0.3, 0.4) is 0 Å². The fraction of sp³-hybridized carbons (Fsp3) is 0.444. The zero-order valence-corrected chi connectivity index (χ0v) is 8.93. The number of pyridine rings is 1. The molecule has 1 saturated heterocycles. The zero-order chi connectivity index (χ0) is 13.6. The van der Waals surface area contributed by atoms with Gasteiger partial charge in [-0.1, -0.05) is 0 Å². The number of aromatic nitrogens is 1. The maximum absolute atomic E-state index is 12.7. The summed E-state index contributed by atoms with van der Waals surface area (Å²) < 4.78 is 63.5. The van der Waals surface area contributed by atoms with Crippen molar-refractivity contribution in [1.29, 1.82) is 0 Å². The van der Waals surface area contributed by atoms with Crippen LogP contribution in [0.4, 0.5) is 33.6 Å². The summed E-state index contributed by atoms with van der Waals surface area (Å²) in [5, 5.41) is 0. The number of alkyl halides is 5. The number of nitrogens with one attached hydrogen (secondary N) is 1. The van der Waals surface area contributed by atoms with E-state index in [1.165, 1.54) is 0 Å². The molecule has 0 aromatic carbocycles. The fourth-order valence-electron chi connectivity index (χ4n) is 1.65. The summed E-state index contributed by atoms with van der Waals surface area (Å²) in [6, 6.07) is 1.79. The van der Waals surface area contributed by atoms with Crippen LogP contribution in [0.1, 0.15) is 5.56 Å². The van der Waals surface area contributed by atoms with Gasteiger partial charge in [-0.25, -0.2) is 19.6 Å². The second kappa shape index (κ2) is 3.94. The molecule has 0 radical (unpaired) electrons. The minimum atomic E-state index is -4.65. The lowest BCUT2D eigenvalue weighted by Crippen LogP contribution is -2.57. The molecule has 1 aromatic heterocycles. The third kappa shape index (κ3) is 2.30. The van der Waals surface area contributed by atoms with Gasteiger partial charge in [0.1, 0.15) is 11.6 Å². The monoisotopic (exact) mass is 268 g/mol. The van der Waals surface area contributed by atoms with Crippen LogP contribution in [0, 0.1) is 0 Å². The summed E-state index contributed by atoms with van der Waals surface area (Å²) in [5.74, 6) is 1.50. The second-order valence-corrected chi connectivity index (χ2v) is 3.92. The van der Waals surface area contributed by atoms with Gasteiger partial charge in [-0.05, 0) is 12.1 Å². The Morgan fingerprint density at radius 3 is 2.33 bits per heavy atom. The van der Waals surface area contributed by atoms with Crippen molar-refractivity contribution < 1.29 is 22.0 Å². The van der Waals surface area contributed by atoms with E-state index in [9.17, 15) is 22.0 Å². The highest BCUT2D eigenvalue weighted by atomic mass is 19.4. The molecular formula is C9H9F5N4. The smallest absolute Gasteiger partial charge is 0.344 e. The highest BCUT2D eigenvalue weighted by molar-refractivity contribution is 5.56. The molecule has 100 valence electrons. The normalized spacial score (nSPS) is 18.4. The molecule has 9 heteroatoms. The largest absolute Gasteiger partial charge is 0.419 e. The molecule has 0 spiro atoms. The number of hydrogen-bond acceptors (Lipinski definition) is 4. The Hall–Kier alpha value is -1.64. The van der Waals surface area contributed by atoms with Gasteiger partial charge in [0.25, 0.3) is 5.92 Å². The molecule has 3 N–H and O–H groups in total. The summed E-state index contributed by atoms with van der Waals surface area (Å²) in [6.45, 7) is -1.56. The Bertz CT molecular complexity index is 451. The Kier molecular flexibility index (Phi) is 2.80. The molecule has 0 amide bonds. The van der Waals surface area contributed by atoms with Crippen molar-refractivity contribution >= 4 is 11.6 Å². The highest BCUT2D eigenvalue weighted by Crippen LogP contribution is 2.40. The first kappa shape index (κ1) is 12.8. The van der Waals surface area contributed by atoms with Crippen molar-refractivity contribution in [3.63, 3.8) is 0 Å². The molecule has 1 fully saturated rings. The zero-order valence-electron chi connectivity index (χ0n) is 8.93. The van der Waals surface area contributed by atoms with E-state index in [0.717, 1.165) is 17.0 Å². The number of hydrazine groups is 1. The van der Waals surface area contributed by atoms with Gasteiger partial charge < -0.3 is 10.3 Å². The van der Waals surface area contributed by atoms with E-state index in [4.69, 9.17) is 5.84 Å². The van der Waals surface area contributed by atoms with E-state index in [1.54, 1.807) is 0 Å². The first-order valence-electron chi connectivity index (χ1n) is 4.90. The van der Waals surface area contributed by atoms with Crippen LogP contribution >= 0.6 is 0 Å². The van der Waals surface area contributed by atoms with Gasteiger partial charge in [0, 0.05) is 0 Å². The predicted molar refractivity (Wildman–Crippen MR) is 54.2 cm³/mol. The molecule has 1 aromatic rings. The van der Waals surface area contributed by atoms with E-state index in [2.05, 4.69) is 10.4 Å². The predicted octanol–water partition coefficient (Wildman–Crippen LogP) is 1.84. The average Bonchev–Trinajstić information content (AvgIpc) is 2.23. The van der Waals surface area contributed by atoms with E-state index in [-0.39, 0.29) is 5.82 Å². The van der Waals surface area contributed by atoms with Crippen LogP contribution in [0.2, 0.25) is 0 Å². The summed E-state index contributed by atoms with van der Waals surface area (Å²) in [6.07, 6.45) is -4.65. The fourth-order valence-corrected chi connectivity index (χ4v) is 1.65. The highest BCUT2D eigenvalue weighted by Gasteiger charge is 2.47. The van der Waals surface area contributed by atoms with Crippen molar-refractivity contribution in [3.05, 3.63) is 17.7 Å². The Morgan fingerprint density at radius 1 is 1.28 bits per heavy atom. The van der Waals surface area contributed by atoms with E-state index < -0.39 is 36.6 Å². The summed E-state index contributed by atoms with van der Waals surface area (Å²) >= 11 is 0. The molecule has 2 rings (SSSR count). The summed E-state index contributed by atoms with van der Waals surface area (Å²) in [4.78, 5) is 4.45. The number of rotatable bonds is 2. The summed E-state index contributed by atoms with van der Waals surface area (Å²) in [5.41, 5.74) is 1.02. The molecule has 0 atom stereocenters. The van der Waals surface area contributed by atoms with Crippen LogP contribution in [-0.2, 0) is 6.18 Å². The third-order valence-corrected chi connectivity index (χ3v) is 2.47. The van der Waals surface area contributed by atoms with Crippen molar-refractivity contribution in [2.75, 3.05) is 23.4 Å². The maximum Gasteiger partial charge on any atom is 0.419 e. The van der Waals surface area contributed by atoms with Crippen molar-refractivity contribution in [3.8, 4) is 0 Å². The van der Waals surface area contributed by atoms with Crippen LogP contribution in [0.25, 0.3) is 0 Å². The van der Waals surface area contributed by atoms with E-state index in [0.29, 0.717) is 0 Å². The van der Waals surface area contributed by atoms with Crippen LogP contribution in [0.5, 0.6) is 0 Å².